The van der Waals surface area contributed by atoms with Gasteiger partial charge in [0.2, 0.25) is 11.0 Å². The number of benzene rings is 3. The van der Waals surface area contributed by atoms with Crippen molar-refractivity contribution in [2.45, 2.75) is 25.9 Å². The molecule has 0 aliphatic carbocycles. The first-order valence-corrected chi connectivity index (χ1v) is 12.0. The topological polar surface area (TPSA) is 69.0 Å². The Morgan fingerprint density at radius 2 is 1.79 bits per heavy atom. The highest BCUT2D eigenvalue weighted by Gasteiger charge is 2.33. The van der Waals surface area contributed by atoms with E-state index in [9.17, 15) is 4.79 Å². The van der Waals surface area contributed by atoms with Gasteiger partial charge < -0.3 is 10.1 Å². The molecule has 3 heterocycles. The number of nitrogens with zero attached hydrogens (tertiary/aromatic N) is 3. The Balaban J connectivity index is 1.31. The molecule has 168 valence electrons. The van der Waals surface area contributed by atoms with Crippen LogP contribution in [-0.2, 0) is 11.4 Å². The highest BCUT2D eigenvalue weighted by atomic mass is 32.1. The van der Waals surface area contributed by atoms with Gasteiger partial charge in [0.25, 0.3) is 0 Å². The van der Waals surface area contributed by atoms with Crippen molar-refractivity contribution in [2.24, 2.45) is 0 Å². The fourth-order valence-corrected chi connectivity index (χ4v) is 5.38. The summed E-state index contributed by atoms with van der Waals surface area (Å²) in [6.45, 7) is 2.51. The molecule has 0 radical (unpaired) electrons. The molecule has 3 aromatic carbocycles. The van der Waals surface area contributed by atoms with E-state index in [1.165, 1.54) is 0 Å². The first kappa shape index (κ1) is 20.6. The van der Waals surface area contributed by atoms with Crippen molar-refractivity contribution in [1.82, 2.24) is 14.8 Å². The Hall–Kier alpha value is -3.97. The van der Waals surface area contributed by atoms with E-state index in [1.807, 2.05) is 85.8 Å². The van der Waals surface area contributed by atoms with Crippen LogP contribution in [0.1, 0.15) is 34.7 Å². The number of nitrogens with one attached hydrogen (secondary N) is 1. The second-order valence-corrected chi connectivity index (χ2v) is 9.38. The third kappa shape index (κ3) is 3.74. The minimum atomic E-state index is -0.0740. The van der Waals surface area contributed by atoms with E-state index >= 15 is 0 Å². The summed E-state index contributed by atoms with van der Waals surface area (Å²) < 4.78 is 8.80. The van der Waals surface area contributed by atoms with Gasteiger partial charge in [0.1, 0.15) is 18.2 Å². The van der Waals surface area contributed by atoms with Crippen molar-refractivity contribution < 1.29 is 9.53 Å². The lowest BCUT2D eigenvalue weighted by molar-refractivity contribution is -0.116. The number of ether oxygens (including phenoxy) is 1. The van der Waals surface area contributed by atoms with Crippen LogP contribution < -0.4 is 10.1 Å². The maximum Gasteiger partial charge on any atom is 0.226 e. The number of aryl methyl sites for hydroxylation is 1. The normalized spacial score (nSPS) is 15.2. The number of aromatic nitrogens is 3. The lowest BCUT2D eigenvalue weighted by Gasteiger charge is -2.24. The van der Waals surface area contributed by atoms with Crippen LogP contribution in [0.2, 0.25) is 0 Å². The van der Waals surface area contributed by atoms with Crippen LogP contribution >= 0.6 is 11.3 Å². The van der Waals surface area contributed by atoms with E-state index in [2.05, 4.69) is 5.32 Å². The quantitative estimate of drug-likeness (QED) is 0.353. The van der Waals surface area contributed by atoms with Gasteiger partial charge in [0.05, 0.1) is 15.9 Å². The van der Waals surface area contributed by atoms with Crippen LogP contribution in [0.3, 0.4) is 0 Å². The summed E-state index contributed by atoms with van der Waals surface area (Å²) in [5.41, 5.74) is 5.04. The summed E-state index contributed by atoms with van der Waals surface area (Å²) in [6.07, 6.45) is 0.379. The zero-order chi connectivity index (χ0) is 23.1. The minimum Gasteiger partial charge on any atom is -0.489 e. The van der Waals surface area contributed by atoms with Crippen molar-refractivity contribution >= 4 is 33.3 Å². The minimum absolute atomic E-state index is 0.0239. The van der Waals surface area contributed by atoms with E-state index in [0.717, 1.165) is 43.5 Å². The molecule has 1 atom stereocenters. The molecule has 2 aromatic heterocycles. The van der Waals surface area contributed by atoms with Crippen molar-refractivity contribution in [3.8, 4) is 10.9 Å². The average molecular weight is 467 g/mol. The molecule has 0 fully saturated rings. The largest absolute Gasteiger partial charge is 0.489 e. The molecule has 5 aromatic rings. The molecule has 1 amide bonds. The van der Waals surface area contributed by atoms with Gasteiger partial charge in [-0.3, -0.25) is 4.79 Å². The standard InChI is InChI=1S/C27H22N4O2S/c1-17-25-21(19-11-13-20(14-12-19)33-16-18-7-3-2-4-8-18)15-24(32)29-26(25)31(30-17)27-28-22-9-5-6-10-23(22)34-27/h2-14,21H,15-16H2,1H3,(H,29,32)/t21-/m1/s1. The maximum atomic E-state index is 12.7. The van der Waals surface area contributed by atoms with Gasteiger partial charge in [0.15, 0.2) is 0 Å². The van der Waals surface area contributed by atoms with Gasteiger partial charge in [-0.2, -0.15) is 9.78 Å². The van der Waals surface area contributed by atoms with Crippen molar-refractivity contribution in [3.63, 3.8) is 0 Å². The highest BCUT2D eigenvalue weighted by Crippen LogP contribution is 2.41. The molecule has 0 saturated carbocycles. The monoisotopic (exact) mass is 466 g/mol. The Bertz CT molecular complexity index is 1460. The van der Waals surface area contributed by atoms with Gasteiger partial charge in [0, 0.05) is 17.9 Å². The number of carbonyl (C=O) groups is 1. The van der Waals surface area contributed by atoms with Gasteiger partial charge in [-0.1, -0.05) is 65.9 Å². The van der Waals surface area contributed by atoms with Gasteiger partial charge in [-0.25, -0.2) is 4.98 Å². The number of thiazole rings is 1. The molecule has 0 saturated heterocycles. The molecule has 34 heavy (non-hydrogen) atoms. The number of anilines is 1. The summed E-state index contributed by atoms with van der Waals surface area (Å²) >= 11 is 1.56. The molecular weight excluding hydrogens is 444 g/mol. The van der Waals surface area contributed by atoms with Gasteiger partial charge in [-0.15, -0.1) is 0 Å². The zero-order valence-electron chi connectivity index (χ0n) is 18.6. The van der Waals surface area contributed by atoms with Crippen molar-refractivity contribution in [3.05, 3.63) is 101 Å². The smallest absolute Gasteiger partial charge is 0.226 e. The zero-order valence-corrected chi connectivity index (χ0v) is 19.4. The van der Waals surface area contributed by atoms with Crippen LogP contribution in [0.25, 0.3) is 15.3 Å². The summed E-state index contributed by atoms with van der Waals surface area (Å²) in [5.74, 6) is 1.41. The van der Waals surface area contributed by atoms with E-state index in [4.69, 9.17) is 14.8 Å². The van der Waals surface area contributed by atoms with Crippen LogP contribution in [0, 0.1) is 6.92 Å². The third-order valence-corrected chi connectivity index (χ3v) is 7.11. The molecule has 1 aliphatic rings. The fourth-order valence-electron chi connectivity index (χ4n) is 4.46. The summed E-state index contributed by atoms with van der Waals surface area (Å²) in [4.78, 5) is 17.4. The number of fused-ring (bicyclic) bond motifs is 2. The maximum absolute atomic E-state index is 12.7. The van der Waals surface area contributed by atoms with Gasteiger partial charge >= 0.3 is 0 Å². The second kappa shape index (κ2) is 8.43. The molecule has 0 spiro atoms. The number of amides is 1. The molecule has 6 rings (SSSR count). The van der Waals surface area contributed by atoms with Crippen molar-refractivity contribution in [1.29, 1.82) is 0 Å². The van der Waals surface area contributed by atoms with Crippen LogP contribution in [0.15, 0.2) is 78.9 Å². The lowest BCUT2D eigenvalue weighted by Crippen LogP contribution is -2.24. The Labute approximate surface area is 200 Å². The number of para-hydroxylation sites is 1. The molecule has 0 unspecified atom stereocenters. The van der Waals surface area contributed by atoms with E-state index in [0.29, 0.717) is 18.8 Å². The second-order valence-electron chi connectivity index (χ2n) is 8.37. The Kier molecular flexibility index (Phi) is 5.11. The van der Waals surface area contributed by atoms with Gasteiger partial charge in [-0.05, 0) is 42.3 Å². The third-order valence-electron chi connectivity index (χ3n) is 6.10. The SMILES string of the molecule is Cc1nn(-c2nc3ccccc3s2)c2c1[C@@H](c1ccc(OCc3ccccc3)cc1)CC(=O)N2. The van der Waals surface area contributed by atoms with Crippen molar-refractivity contribution in [2.75, 3.05) is 5.32 Å². The van der Waals surface area contributed by atoms with E-state index in [-0.39, 0.29) is 11.8 Å². The molecule has 6 nitrogen and oxygen atoms in total. The van der Waals surface area contributed by atoms with E-state index in [1.54, 1.807) is 16.0 Å². The summed E-state index contributed by atoms with van der Waals surface area (Å²) in [7, 11) is 0. The summed E-state index contributed by atoms with van der Waals surface area (Å²) in [6, 6.07) is 26.1. The first-order valence-electron chi connectivity index (χ1n) is 11.2. The number of hydrogen-bond acceptors (Lipinski definition) is 5. The molecule has 1 N–H and O–H groups in total. The number of carbonyl (C=O) groups excluding carboxylic acids is 1. The molecular formula is C27H22N4O2S. The average Bonchev–Trinajstić information content (AvgIpc) is 3.44. The highest BCUT2D eigenvalue weighted by molar-refractivity contribution is 7.20. The number of rotatable bonds is 5. The molecule has 7 heteroatoms. The predicted octanol–water partition coefficient (Wildman–Crippen LogP) is 5.84. The Morgan fingerprint density at radius 3 is 2.59 bits per heavy atom. The summed E-state index contributed by atoms with van der Waals surface area (Å²) in [5, 5.41) is 8.57. The van der Waals surface area contributed by atoms with Crippen LogP contribution in [0.5, 0.6) is 5.75 Å². The Morgan fingerprint density at radius 1 is 1.03 bits per heavy atom. The van der Waals surface area contributed by atoms with Crippen LogP contribution in [-0.4, -0.2) is 20.7 Å². The predicted molar refractivity (Wildman–Crippen MR) is 134 cm³/mol. The molecule has 1 aliphatic heterocycles. The lowest BCUT2D eigenvalue weighted by atomic mass is 9.86. The van der Waals surface area contributed by atoms with E-state index < -0.39 is 0 Å². The fraction of sp³-hybridized carbons (Fsp3) is 0.148. The molecule has 0 bridgehead atoms. The van der Waals surface area contributed by atoms with Crippen LogP contribution in [0.4, 0.5) is 5.82 Å². The first-order chi connectivity index (χ1) is 16.7. The number of hydrogen-bond donors (Lipinski definition) is 1.